The quantitative estimate of drug-likeness (QED) is 0.841. The minimum absolute atomic E-state index is 0.0846. The van der Waals surface area contributed by atoms with Crippen molar-refractivity contribution in [3.05, 3.63) is 0 Å². The van der Waals surface area contributed by atoms with E-state index in [0.29, 0.717) is 18.5 Å². The smallest absolute Gasteiger partial charge is 0.236 e. The van der Waals surface area contributed by atoms with Gasteiger partial charge in [-0.3, -0.25) is 9.69 Å². The summed E-state index contributed by atoms with van der Waals surface area (Å²) in [5, 5.41) is 3.40. The highest BCUT2D eigenvalue weighted by molar-refractivity contribution is 5.78. The molecule has 1 aliphatic heterocycles. The Morgan fingerprint density at radius 3 is 2.63 bits per heavy atom. The number of nitrogens with zero attached hydrogens (tertiary/aromatic N) is 2. The normalized spacial score (nSPS) is 25.2. The molecule has 1 N–H and O–H groups in total. The molecule has 0 atom stereocenters. The summed E-state index contributed by atoms with van der Waals surface area (Å²) in [5.41, 5.74) is 0.0846. The molecule has 1 aliphatic carbocycles. The summed E-state index contributed by atoms with van der Waals surface area (Å²) in [4.78, 5) is 16.8. The molecule has 1 heterocycles. The van der Waals surface area contributed by atoms with E-state index in [9.17, 15) is 4.79 Å². The largest absolute Gasteiger partial charge is 0.342 e. The van der Waals surface area contributed by atoms with E-state index in [1.165, 1.54) is 32.1 Å². The molecule has 2 rings (SSSR count). The number of hydrogen-bond donors (Lipinski definition) is 1. The first kappa shape index (κ1) is 14.8. The van der Waals surface area contributed by atoms with Crippen molar-refractivity contribution < 1.29 is 4.79 Å². The van der Waals surface area contributed by atoms with Gasteiger partial charge >= 0.3 is 0 Å². The monoisotopic (exact) mass is 267 g/mol. The molecular formula is C15H29N3O. The van der Waals surface area contributed by atoms with Crippen LogP contribution in [-0.2, 0) is 4.79 Å². The molecule has 0 aromatic rings. The van der Waals surface area contributed by atoms with Crippen molar-refractivity contribution in [1.29, 1.82) is 0 Å². The van der Waals surface area contributed by atoms with Crippen LogP contribution in [0.25, 0.3) is 0 Å². The summed E-state index contributed by atoms with van der Waals surface area (Å²) in [5.74, 6) is 0.293. The summed E-state index contributed by atoms with van der Waals surface area (Å²) >= 11 is 0. The van der Waals surface area contributed by atoms with E-state index in [0.717, 1.165) is 19.6 Å². The summed E-state index contributed by atoms with van der Waals surface area (Å²) in [7, 11) is 1.99. The number of nitrogens with one attached hydrogen (secondary N) is 1. The first-order valence-corrected chi connectivity index (χ1v) is 7.72. The fourth-order valence-corrected chi connectivity index (χ4v) is 3.26. The van der Waals surface area contributed by atoms with Crippen molar-refractivity contribution in [2.45, 2.75) is 57.5 Å². The van der Waals surface area contributed by atoms with Crippen LogP contribution in [0.1, 0.15) is 46.0 Å². The molecule has 2 aliphatic rings. The molecule has 110 valence electrons. The topological polar surface area (TPSA) is 35.6 Å². The lowest BCUT2D eigenvalue weighted by molar-refractivity contribution is -0.135. The number of hydrogen-bond acceptors (Lipinski definition) is 3. The lowest BCUT2D eigenvalue weighted by Gasteiger charge is -2.43. The van der Waals surface area contributed by atoms with E-state index < -0.39 is 0 Å². The average molecular weight is 267 g/mol. The van der Waals surface area contributed by atoms with Gasteiger partial charge in [0.2, 0.25) is 5.91 Å². The first-order chi connectivity index (χ1) is 9.00. The van der Waals surface area contributed by atoms with E-state index in [1.54, 1.807) is 0 Å². The Labute approximate surface area is 117 Å². The lowest BCUT2D eigenvalue weighted by atomic mass is 9.94. The van der Waals surface area contributed by atoms with Crippen LogP contribution in [0.5, 0.6) is 0 Å². The third-order valence-electron chi connectivity index (χ3n) is 4.81. The molecule has 0 aromatic carbocycles. The maximum atomic E-state index is 12.5. The van der Waals surface area contributed by atoms with Crippen molar-refractivity contribution in [2.24, 2.45) is 0 Å². The minimum Gasteiger partial charge on any atom is -0.342 e. The molecule has 1 saturated heterocycles. The maximum absolute atomic E-state index is 12.5. The van der Waals surface area contributed by atoms with Gasteiger partial charge in [-0.1, -0.05) is 19.3 Å². The predicted octanol–water partition coefficient (Wildman–Crippen LogP) is 1.46. The van der Waals surface area contributed by atoms with Crippen LogP contribution in [-0.4, -0.2) is 60.5 Å². The van der Waals surface area contributed by atoms with Gasteiger partial charge in [0.05, 0.1) is 6.54 Å². The Bertz CT molecular complexity index is 311. The second-order valence-corrected chi connectivity index (χ2v) is 6.71. The van der Waals surface area contributed by atoms with Gasteiger partial charge in [0, 0.05) is 38.3 Å². The molecule has 1 saturated carbocycles. The third kappa shape index (κ3) is 3.69. The van der Waals surface area contributed by atoms with Crippen LogP contribution >= 0.6 is 0 Å². The number of carbonyl (C=O) groups is 1. The van der Waals surface area contributed by atoms with Gasteiger partial charge in [-0.2, -0.15) is 0 Å². The minimum atomic E-state index is 0.0846. The van der Waals surface area contributed by atoms with E-state index in [1.807, 2.05) is 11.9 Å². The van der Waals surface area contributed by atoms with E-state index in [-0.39, 0.29) is 5.54 Å². The van der Waals surface area contributed by atoms with Crippen LogP contribution in [0, 0.1) is 0 Å². The Hall–Kier alpha value is -0.610. The van der Waals surface area contributed by atoms with Gasteiger partial charge in [-0.15, -0.1) is 0 Å². The fraction of sp³-hybridized carbons (Fsp3) is 0.933. The zero-order valence-corrected chi connectivity index (χ0v) is 12.7. The van der Waals surface area contributed by atoms with E-state index in [4.69, 9.17) is 0 Å². The highest BCUT2D eigenvalue weighted by Gasteiger charge is 2.32. The fourth-order valence-electron chi connectivity index (χ4n) is 3.26. The van der Waals surface area contributed by atoms with Gasteiger partial charge < -0.3 is 10.2 Å². The highest BCUT2D eigenvalue weighted by Crippen LogP contribution is 2.22. The second kappa shape index (κ2) is 6.23. The number of likely N-dealkylation sites (N-methyl/N-ethyl adjacent to an activating group) is 1. The molecule has 19 heavy (non-hydrogen) atoms. The molecule has 1 amide bonds. The highest BCUT2D eigenvalue weighted by atomic mass is 16.2. The third-order valence-corrected chi connectivity index (χ3v) is 4.81. The molecule has 0 bridgehead atoms. The summed E-state index contributed by atoms with van der Waals surface area (Å²) in [6.45, 7) is 7.93. The molecule has 0 spiro atoms. The number of rotatable bonds is 3. The molecule has 0 unspecified atom stereocenters. The van der Waals surface area contributed by atoms with E-state index >= 15 is 0 Å². The summed E-state index contributed by atoms with van der Waals surface area (Å²) < 4.78 is 0. The molecule has 4 nitrogen and oxygen atoms in total. The van der Waals surface area contributed by atoms with Crippen molar-refractivity contribution in [3.8, 4) is 0 Å². The van der Waals surface area contributed by atoms with Crippen molar-refractivity contribution >= 4 is 5.91 Å². The lowest BCUT2D eigenvalue weighted by Crippen LogP contribution is -2.60. The Kier molecular flexibility index (Phi) is 4.85. The van der Waals surface area contributed by atoms with Crippen molar-refractivity contribution in [3.63, 3.8) is 0 Å². The zero-order chi connectivity index (χ0) is 13.9. The number of carbonyl (C=O) groups excluding carboxylic acids is 1. The first-order valence-electron chi connectivity index (χ1n) is 7.72. The van der Waals surface area contributed by atoms with Gasteiger partial charge in [0.25, 0.3) is 0 Å². The van der Waals surface area contributed by atoms with Crippen LogP contribution < -0.4 is 5.32 Å². The SMILES string of the molecule is CN(C(=O)CN1CCNCC1(C)C)C1CCCCC1. The Balaban J connectivity index is 1.88. The predicted molar refractivity (Wildman–Crippen MR) is 78.2 cm³/mol. The van der Waals surface area contributed by atoms with E-state index in [2.05, 4.69) is 24.1 Å². The summed E-state index contributed by atoms with van der Waals surface area (Å²) in [6.07, 6.45) is 6.27. The Morgan fingerprint density at radius 1 is 1.32 bits per heavy atom. The maximum Gasteiger partial charge on any atom is 0.236 e. The van der Waals surface area contributed by atoms with Crippen LogP contribution in [0.2, 0.25) is 0 Å². The second-order valence-electron chi connectivity index (χ2n) is 6.71. The molecule has 0 aromatic heterocycles. The van der Waals surface area contributed by atoms with Gasteiger partial charge in [-0.05, 0) is 26.7 Å². The van der Waals surface area contributed by atoms with Gasteiger partial charge in [0.15, 0.2) is 0 Å². The molecule has 0 radical (unpaired) electrons. The zero-order valence-electron chi connectivity index (χ0n) is 12.7. The standard InChI is InChI=1S/C15H29N3O/c1-15(2)12-16-9-10-18(15)11-14(19)17(3)13-7-5-4-6-8-13/h13,16H,4-12H2,1-3H3. The number of piperazine rings is 1. The van der Waals surface area contributed by atoms with Crippen LogP contribution in [0.3, 0.4) is 0 Å². The van der Waals surface area contributed by atoms with Gasteiger partial charge in [-0.25, -0.2) is 0 Å². The number of amides is 1. The average Bonchev–Trinajstić information content (AvgIpc) is 2.41. The summed E-state index contributed by atoms with van der Waals surface area (Å²) in [6, 6.07) is 0.479. The molecular weight excluding hydrogens is 238 g/mol. The van der Waals surface area contributed by atoms with Crippen LogP contribution in [0.4, 0.5) is 0 Å². The molecule has 2 fully saturated rings. The Morgan fingerprint density at radius 2 is 2.00 bits per heavy atom. The van der Waals surface area contributed by atoms with Crippen LogP contribution in [0.15, 0.2) is 0 Å². The van der Waals surface area contributed by atoms with Crippen molar-refractivity contribution in [2.75, 3.05) is 33.2 Å². The van der Waals surface area contributed by atoms with Gasteiger partial charge in [0.1, 0.15) is 0 Å². The van der Waals surface area contributed by atoms with Crippen molar-refractivity contribution in [1.82, 2.24) is 15.1 Å². The molecule has 4 heteroatoms.